The summed E-state index contributed by atoms with van der Waals surface area (Å²) >= 11 is 0. The number of amides is 1. The Bertz CT molecular complexity index is 363. The third-order valence-corrected chi connectivity index (χ3v) is 2.25. The monoisotopic (exact) mass is 237 g/mol. The fourth-order valence-electron chi connectivity index (χ4n) is 1.40. The number of aliphatic hydroxyl groups excluding tert-OH is 1. The van der Waals surface area contributed by atoms with Crippen molar-refractivity contribution in [3.05, 3.63) is 24.3 Å². The van der Waals surface area contributed by atoms with E-state index in [0.717, 1.165) is 0 Å². The summed E-state index contributed by atoms with van der Waals surface area (Å²) < 4.78 is 5.40. The molecule has 0 saturated carbocycles. The number of aliphatic hydroxyl groups is 1. The molecule has 0 aliphatic rings. The fourth-order valence-corrected chi connectivity index (χ4v) is 1.40. The Labute approximate surface area is 102 Å². The Morgan fingerprint density at radius 1 is 1.47 bits per heavy atom. The number of ether oxygens (including phenoxy) is 1. The van der Waals surface area contributed by atoms with Crippen LogP contribution in [0.1, 0.15) is 26.7 Å². The van der Waals surface area contributed by atoms with Gasteiger partial charge in [0.2, 0.25) is 5.91 Å². The van der Waals surface area contributed by atoms with Crippen LogP contribution in [0, 0.1) is 0 Å². The zero-order chi connectivity index (χ0) is 12.7. The lowest BCUT2D eigenvalue weighted by molar-refractivity contribution is -0.116. The Morgan fingerprint density at radius 2 is 2.18 bits per heavy atom. The first-order valence-electron chi connectivity index (χ1n) is 5.83. The van der Waals surface area contributed by atoms with Gasteiger partial charge in [0.05, 0.1) is 18.4 Å². The predicted molar refractivity (Wildman–Crippen MR) is 67.2 cm³/mol. The molecule has 0 heterocycles. The van der Waals surface area contributed by atoms with Crippen LogP contribution in [0.15, 0.2) is 24.3 Å². The summed E-state index contributed by atoms with van der Waals surface area (Å²) in [5.41, 5.74) is 0.671. The number of rotatable bonds is 6. The van der Waals surface area contributed by atoms with Gasteiger partial charge in [-0.25, -0.2) is 0 Å². The van der Waals surface area contributed by atoms with Crippen molar-refractivity contribution in [2.24, 2.45) is 0 Å². The molecule has 1 atom stereocenters. The summed E-state index contributed by atoms with van der Waals surface area (Å²) in [6, 6.07) is 7.31. The summed E-state index contributed by atoms with van der Waals surface area (Å²) in [4.78, 5) is 11.6. The van der Waals surface area contributed by atoms with Crippen LogP contribution < -0.4 is 10.1 Å². The van der Waals surface area contributed by atoms with E-state index in [9.17, 15) is 4.79 Å². The second kappa shape index (κ2) is 6.91. The van der Waals surface area contributed by atoms with Gasteiger partial charge >= 0.3 is 0 Å². The molecule has 94 valence electrons. The van der Waals surface area contributed by atoms with Crippen LogP contribution in [-0.2, 0) is 4.79 Å². The number of carbonyl (C=O) groups excluding carboxylic acids is 1. The molecule has 0 saturated heterocycles. The number of anilines is 1. The van der Waals surface area contributed by atoms with Crippen molar-refractivity contribution in [2.75, 3.05) is 11.9 Å². The molecular formula is C13H19NO3. The first-order chi connectivity index (χ1) is 8.13. The molecule has 0 bridgehead atoms. The molecule has 4 nitrogen and oxygen atoms in total. The minimum atomic E-state index is -0.456. The summed E-state index contributed by atoms with van der Waals surface area (Å²) in [7, 11) is 0. The minimum absolute atomic E-state index is 0.113. The number of carbonyl (C=O) groups is 1. The van der Waals surface area contributed by atoms with E-state index in [4.69, 9.17) is 9.84 Å². The van der Waals surface area contributed by atoms with Crippen LogP contribution in [0.2, 0.25) is 0 Å². The highest BCUT2D eigenvalue weighted by molar-refractivity contribution is 5.92. The first-order valence-corrected chi connectivity index (χ1v) is 5.83. The quantitative estimate of drug-likeness (QED) is 0.797. The number of hydrogen-bond donors (Lipinski definition) is 2. The lowest BCUT2D eigenvalue weighted by atomic mass is 10.2. The zero-order valence-corrected chi connectivity index (χ0v) is 10.3. The third kappa shape index (κ3) is 4.87. The van der Waals surface area contributed by atoms with E-state index < -0.39 is 6.10 Å². The average molecular weight is 237 g/mol. The standard InChI is InChI=1S/C13H19NO3/c1-3-17-12-7-5-4-6-11(12)14-13(16)9-8-10(2)15/h4-7,10,15H,3,8-9H2,1-2H3,(H,14,16). The minimum Gasteiger partial charge on any atom is -0.492 e. The molecular weight excluding hydrogens is 218 g/mol. The van der Waals surface area contributed by atoms with Gasteiger partial charge in [0.25, 0.3) is 0 Å². The maximum Gasteiger partial charge on any atom is 0.224 e. The lowest BCUT2D eigenvalue weighted by Crippen LogP contribution is -2.14. The summed E-state index contributed by atoms with van der Waals surface area (Å²) in [5, 5.41) is 11.9. The van der Waals surface area contributed by atoms with Crippen molar-refractivity contribution in [1.82, 2.24) is 0 Å². The SMILES string of the molecule is CCOc1ccccc1NC(=O)CCC(C)O. The van der Waals surface area contributed by atoms with Crippen LogP contribution in [0.4, 0.5) is 5.69 Å². The molecule has 0 aliphatic carbocycles. The van der Waals surface area contributed by atoms with Crippen molar-refractivity contribution in [3.8, 4) is 5.75 Å². The van der Waals surface area contributed by atoms with Crippen LogP contribution >= 0.6 is 0 Å². The van der Waals surface area contributed by atoms with Crippen LogP contribution in [0.25, 0.3) is 0 Å². The molecule has 0 radical (unpaired) electrons. The van der Waals surface area contributed by atoms with Crippen molar-refractivity contribution in [2.45, 2.75) is 32.8 Å². The van der Waals surface area contributed by atoms with Gasteiger partial charge in [0, 0.05) is 6.42 Å². The molecule has 0 aliphatic heterocycles. The van der Waals surface area contributed by atoms with E-state index in [-0.39, 0.29) is 5.91 Å². The van der Waals surface area contributed by atoms with Gasteiger partial charge in [-0.05, 0) is 32.4 Å². The van der Waals surface area contributed by atoms with Crippen molar-refractivity contribution in [3.63, 3.8) is 0 Å². The molecule has 0 spiro atoms. The number of para-hydroxylation sites is 2. The maximum atomic E-state index is 11.6. The normalized spacial score (nSPS) is 11.9. The van der Waals surface area contributed by atoms with E-state index in [1.165, 1.54) is 0 Å². The van der Waals surface area contributed by atoms with Gasteiger partial charge in [-0.2, -0.15) is 0 Å². The molecule has 1 unspecified atom stereocenters. The van der Waals surface area contributed by atoms with E-state index in [2.05, 4.69) is 5.32 Å². The molecule has 1 amide bonds. The van der Waals surface area contributed by atoms with Gasteiger partial charge in [-0.3, -0.25) is 4.79 Å². The van der Waals surface area contributed by atoms with Crippen LogP contribution in [0.5, 0.6) is 5.75 Å². The molecule has 1 aromatic carbocycles. The molecule has 1 aromatic rings. The van der Waals surface area contributed by atoms with Crippen molar-refractivity contribution >= 4 is 11.6 Å². The summed E-state index contributed by atoms with van der Waals surface area (Å²) in [5.74, 6) is 0.554. The first kappa shape index (κ1) is 13.5. The second-order valence-corrected chi connectivity index (χ2v) is 3.87. The maximum absolute atomic E-state index is 11.6. The smallest absolute Gasteiger partial charge is 0.224 e. The lowest BCUT2D eigenvalue weighted by Gasteiger charge is -2.11. The van der Waals surface area contributed by atoms with E-state index >= 15 is 0 Å². The third-order valence-electron chi connectivity index (χ3n) is 2.25. The number of nitrogens with one attached hydrogen (secondary N) is 1. The molecule has 0 aromatic heterocycles. The summed E-state index contributed by atoms with van der Waals surface area (Å²) in [6.07, 6.45) is 0.309. The number of hydrogen-bond acceptors (Lipinski definition) is 3. The highest BCUT2D eigenvalue weighted by Crippen LogP contribution is 2.23. The fraction of sp³-hybridized carbons (Fsp3) is 0.462. The highest BCUT2D eigenvalue weighted by Gasteiger charge is 2.08. The topological polar surface area (TPSA) is 58.6 Å². The Hall–Kier alpha value is -1.55. The second-order valence-electron chi connectivity index (χ2n) is 3.87. The van der Waals surface area contributed by atoms with Gasteiger partial charge in [0.15, 0.2) is 0 Å². The highest BCUT2D eigenvalue weighted by atomic mass is 16.5. The van der Waals surface area contributed by atoms with Crippen molar-refractivity contribution < 1.29 is 14.6 Å². The number of benzene rings is 1. The van der Waals surface area contributed by atoms with Gasteiger partial charge in [0.1, 0.15) is 5.75 Å². The molecule has 2 N–H and O–H groups in total. The van der Waals surface area contributed by atoms with Crippen LogP contribution in [-0.4, -0.2) is 23.7 Å². The Balaban J connectivity index is 2.58. The van der Waals surface area contributed by atoms with Gasteiger partial charge in [-0.1, -0.05) is 12.1 Å². The Morgan fingerprint density at radius 3 is 2.82 bits per heavy atom. The largest absolute Gasteiger partial charge is 0.492 e. The van der Waals surface area contributed by atoms with Crippen molar-refractivity contribution in [1.29, 1.82) is 0 Å². The van der Waals surface area contributed by atoms with E-state index in [1.54, 1.807) is 13.0 Å². The molecule has 17 heavy (non-hydrogen) atoms. The summed E-state index contributed by atoms with van der Waals surface area (Å²) in [6.45, 7) is 4.12. The van der Waals surface area contributed by atoms with Crippen LogP contribution in [0.3, 0.4) is 0 Å². The molecule has 0 fully saturated rings. The van der Waals surface area contributed by atoms with Gasteiger partial charge in [-0.15, -0.1) is 0 Å². The zero-order valence-electron chi connectivity index (χ0n) is 10.3. The average Bonchev–Trinajstić information content (AvgIpc) is 2.29. The van der Waals surface area contributed by atoms with E-state index in [0.29, 0.717) is 30.9 Å². The van der Waals surface area contributed by atoms with E-state index in [1.807, 2.05) is 25.1 Å². The predicted octanol–water partition coefficient (Wildman–Crippen LogP) is 2.18. The van der Waals surface area contributed by atoms with Gasteiger partial charge < -0.3 is 15.2 Å². The molecule has 4 heteroatoms. The Kier molecular flexibility index (Phi) is 5.49. The molecule has 1 rings (SSSR count).